The van der Waals surface area contributed by atoms with Crippen molar-refractivity contribution in [3.8, 4) is 5.69 Å². The molecule has 2 heterocycles. The lowest BCUT2D eigenvalue weighted by Gasteiger charge is -2.15. The molecule has 5 heteroatoms. The second-order valence-corrected chi connectivity index (χ2v) is 6.17. The van der Waals surface area contributed by atoms with E-state index in [0.29, 0.717) is 6.61 Å². The lowest BCUT2D eigenvalue weighted by molar-refractivity contribution is -0.144. The van der Waals surface area contributed by atoms with E-state index in [1.165, 1.54) is 0 Å². The summed E-state index contributed by atoms with van der Waals surface area (Å²) in [5, 5.41) is 1.02. The molecule has 130 valence electrons. The Balaban J connectivity index is 2.00. The Morgan fingerprint density at radius 2 is 1.77 bits per heavy atom. The second kappa shape index (κ2) is 6.59. The molecular weight excluding hydrogens is 326 g/mol. The van der Waals surface area contributed by atoms with Crippen molar-refractivity contribution in [3.05, 3.63) is 66.6 Å². The first kappa shape index (κ1) is 16.3. The molecule has 0 N–H and O–H groups in total. The van der Waals surface area contributed by atoms with E-state index in [0.717, 1.165) is 33.3 Å². The van der Waals surface area contributed by atoms with Crippen molar-refractivity contribution in [1.29, 1.82) is 0 Å². The summed E-state index contributed by atoms with van der Waals surface area (Å²) in [4.78, 5) is 21.2. The number of ether oxygens (including phenoxy) is 1. The molecule has 0 aliphatic rings. The molecule has 0 aliphatic carbocycles. The van der Waals surface area contributed by atoms with Gasteiger partial charge in [-0.15, -0.1) is 0 Å². The molecule has 1 atom stereocenters. The maximum atomic E-state index is 12.4. The molecule has 5 nitrogen and oxygen atoms in total. The van der Waals surface area contributed by atoms with Crippen LogP contribution in [0.25, 0.3) is 27.6 Å². The van der Waals surface area contributed by atoms with Crippen LogP contribution in [0.4, 0.5) is 0 Å². The van der Waals surface area contributed by atoms with Gasteiger partial charge in [0.1, 0.15) is 0 Å². The number of aromatic nitrogens is 3. The van der Waals surface area contributed by atoms with Crippen LogP contribution in [0, 0.1) is 0 Å². The number of fused-ring (bicyclic) bond motifs is 2. The van der Waals surface area contributed by atoms with Crippen LogP contribution in [-0.4, -0.2) is 27.1 Å². The van der Waals surface area contributed by atoms with E-state index in [1.54, 1.807) is 12.4 Å². The third-order valence-corrected chi connectivity index (χ3v) is 4.52. The van der Waals surface area contributed by atoms with Crippen LogP contribution >= 0.6 is 0 Å². The van der Waals surface area contributed by atoms with Crippen molar-refractivity contribution in [3.63, 3.8) is 0 Å². The van der Waals surface area contributed by atoms with E-state index >= 15 is 0 Å². The zero-order valence-corrected chi connectivity index (χ0v) is 14.7. The van der Waals surface area contributed by atoms with E-state index < -0.39 is 0 Å². The first-order valence-electron chi connectivity index (χ1n) is 8.67. The van der Waals surface area contributed by atoms with Gasteiger partial charge in [0.15, 0.2) is 0 Å². The van der Waals surface area contributed by atoms with Crippen LogP contribution in [0.5, 0.6) is 0 Å². The molecule has 0 saturated carbocycles. The monoisotopic (exact) mass is 345 g/mol. The smallest absolute Gasteiger partial charge is 0.314 e. The van der Waals surface area contributed by atoms with Gasteiger partial charge in [-0.05, 0) is 44.2 Å². The number of benzene rings is 2. The summed E-state index contributed by atoms with van der Waals surface area (Å²) in [7, 11) is 0. The van der Waals surface area contributed by atoms with Gasteiger partial charge in [-0.2, -0.15) is 0 Å². The first-order chi connectivity index (χ1) is 12.7. The molecular formula is C21H19N3O2. The van der Waals surface area contributed by atoms with Gasteiger partial charge in [-0.25, -0.2) is 0 Å². The number of carbonyl (C=O) groups is 1. The zero-order valence-electron chi connectivity index (χ0n) is 14.7. The summed E-state index contributed by atoms with van der Waals surface area (Å²) in [5.41, 5.74) is 4.54. The fraction of sp³-hybridized carbons (Fsp3) is 0.190. The Hall–Kier alpha value is -3.21. The topological polar surface area (TPSA) is 57.0 Å². The number of carbonyl (C=O) groups excluding carboxylic acids is 1. The fourth-order valence-electron chi connectivity index (χ4n) is 3.26. The Bertz CT molecular complexity index is 1090. The van der Waals surface area contributed by atoms with E-state index in [9.17, 15) is 4.79 Å². The summed E-state index contributed by atoms with van der Waals surface area (Å²) >= 11 is 0. The highest BCUT2D eigenvalue weighted by Gasteiger charge is 2.23. The second-order valence-electron chi connectivity index (χ2n) is 6.17. The number of hydrogen-bond acceptors (Lipinski definition) is 4. The quantitative estimate of drug-likeness (QED) is 0.519. The minimum atomic E-state index is -0.383. The Kier molecular flexibility index (Phi) is 4.13. The van der Waals surface area contributed by atoms with Crippen molar-refractivity contribution >= 4 is 27.9 Å². The van der Waals surface area contributed by atoms with Gasteiger partial charge in [-0.3, -0.25) is 14.8 Å². The van der Waals surface area contributed by atoms with Gasteiger partial charge >= 0.3 is 5.97 Å². The summed E-state index contributed by atoms with van der Waals surface area (Å²) in [6.45, 7) is 4.07. The highest BCUT2D eigenvalue weighted by molar-refractivity contribution is 5.96. The molecule has 0 amide bonds. The van der Waals surface area contributed by atoms with Crippen LogP contribution in [0.2, 0.25) is 0 Å². The molecule has 0 fully saturated rings. The van der Waals surface area contributed by atoms with Crippen molar-refractivity contribution in [2.24, 2.45) is 0 Å². The van der Waals surface area contributed by atoms with Gasteiger partial charge in [0.2, 0.25) is 0 Å². The van der Waals surface area contributed by atoms with Crippen molar-refractivity contribution in [2.75, 3.05) is 6.61 Å². The van der Waals surface area contributed by atoms with Gasteiger partial charge in [0.25, 0.3) is 0 Å². The summed E-state index contributed by atoms with van der Waals surface area (Å²) in [6.07, 6.45) is 3.37. The summed E-state index contributed by atoms with van der Waals surface area (Å²) in [6, 6.07) is 16.1. The molecule has 4 rings (SSSR count). The minimum absolute atomic E-state index is 0.228. The molecule has 0 spiro atoms. The number of nitrogens with zero attached hydrogens (tertiary/aromatic N) is 3. The van der Waals surface area contributed by atoms with Gasteiger partial charge in [-0.1, -0.05) is 18.2 Å². The number of esters is 1. The fourth-order valence-corrected chi connectivity index (χ4v) is 3.26. The largest absolute Gasteiger partial charge is 0.465 e. The molecule has 4 aromatic rings. The minimum Gasteiger partial charge on any atom is -0.465 e. The molecule has 0 saturated heterocycles. The molecule has 0 radical (unpaired) electrons. The third kappa shape index (κ3) is 2.71. The molecule has 0 aliphatic heterocycles. The summed E-state index contributed by atoms with van der Waals surface area (Å²) in [5.74, 6) is -0.611. The van der Waals surface area contributed by atoms with Gasteiger partial charge < -0.3 is 9.30 Å². The van der Waals surface area contributed by atoms with Crippen molar-refractivity contribution < 1.29 is 9.53 Å². The van der Waals surface area contributed by atoms with Gasteiger partial charge in [0, 0.05) is 29.2 Å². The van der Waals surface area contributed by atoms with E-state index in [2.05, 4.69) is 14.5 Å². The standard InChI is InChI=1S/C21H19N3O2/c1-3-26-21(25)14(2)19-12-15-11-17-18(23-10-9-22-17)13-20(15)24(19)16-7-5-4-6-8-16/h4-14H,3H2,1-2H3. The van der Waals surface area contributed by atoms with Crippen LogP contribution in [0.1, 0.15) is 25.5 Å². The van der Waals surface area contributed by atoms with Crippen LogP contribution in [-0.2, 0) is 9.53 Å². The van der Waals surface area contributed by atoms with Gasteiger partial charge in [0.05, 0.1) is 29.1 Å². The zero-order chi connectivity index (χ0) is 18.1. The van der Waals surface area contributed by atoms with E-state index in [-0.39, 0.29) is 11.9 Å². The Morgan fingerprint density at radius 3 is 2.46 bits per heavy atom. The highest BCUT2D eigenvalue weighted by atomic mass is 16.5. The van der Waals surface area contributed by atoms with Crippen LogP contribution < -0.4 is 0 Å². The normalized spacial score (nSPS) is 12.4. The molecule has 0 bridgehead atoms. The molecule has 1 unspecified atom stereocenters. The molecule has 26 heavy (non-hydrogen) atoms. The molecule has 2 aromatic carbocycles. The summed E-state index contributed by atoms with van der Waals surface area (Å²) < 4.78 is 7.35. The average Bonchev–Trinajstić information content (AvgIpc) is 3.04. The van der Waals surface area contributed by atoms with Crippen molar-refractivity contribution in [2.45, 2.75) is 19.8 Å². The van der Waals surface area contributed by atoms with Crippen LogP contribution in [0.15, 0.2) is 60.9 Å². The Morgan fingerprint density at radius 1 is 1.08 bits per heavy atom. The lowest BCUT2D eigenvalue weighted by atomic mass is 10.1. The van der Waals surface area contributed by atoms with Crippen LogP contribution in [0.3, 0.4) is 0 Å². The number of para-hydroxylation sites is 1. The van der Waals surface area contributed by atoms with E-state index in [4.69, 9.17) is 4.74 Å². The first-order valence-corrected chi connectivity index (χ1v) is 8.67. The Labute approximate surface area is 151 Å². The average molecular weight is 345 g/mol. The van der Waals surface area contributed by atoms with Crippen molar-refractivity contribution in [1.82, 2.24) is 14.5 Å². The predicted molar refractivity (Wildman–Crippen MR) is 101 cm³/mol. The third-order valence-electron chi connectivity index (χ3n) is 4.52. The molecule has 2 aromatic heterocycles. The highest BCUT2D eigenvalue weighted by Crippen LogP contribution is 2.31. The number of hydrogen-bond donors (Lipinski definition) is 0. The maximum absolute atomic E-state index is 12.4. The van der Waals surface area contributed by atoms with E-state index in [1.807, 2.05) is 62.4 Å². The SMILES string of the molecule is CCOC(=O)C(C)c1cc2cc3nccnc3cc2n1-c1ccccc1. The lowest BCUT2D eigenvalue weighted by Crippen LogP contribution is -2.16. The number of rotatable bonds is 4. The predicted octanol–water partition coefficient (Wildman–Crippen LogP) is 4.24. The maximum Gasteiger partial charge on any atom is 0.314 e.